The van der Waals surface area contributed by atoms with Gasteiger partial charge in [-0.3, -0.25) is 9.59 Å². The Labute approximate surface area is 180 Å². The lowest BCUT2D eigenvalue weighted by molar-refractivity contribution is -0.146. The van der Waals surface area contributed by atoms with E-state index < -0.39 is 0 Å². The smallest absolute Gasteiger partial charge is 0.226 e. The molecule has 2 N–H and O–H groups in total. The summed E-state index contributed by atoms with van der Waals surface area (Å²) in [5.41, 5.74) is 0.309. The van der Waals surface area contributed by atoms with E-state index in [9.17, 15) is 9.59 Å². The van der Waals surface area contributed by atoms with E-state index in [0.29, 0.717) is 40.1 Å². The molecule has 0 spiro atoms. The Kier molecular flexibility index (Phi) is 5.83. The Morgan fingerprint density at radius 2 is 1.50 bits per heavy atom. The average molecular weight is 444 g/mol. The van der Waals surface area contributed by atoms with Gasteiger partial charge in [0.2, 0.25) is 11.8 Å². The summed E-state index contributed by atoms with van der Waals surface area (Å²) in [5.74, 6) is 2.29. The van der Waals surface area contributed by atoms with Gasteiger partial charge in [0.15, 0.2) is 0 Å². The predicted molar refractivity (Wildman–Crippen MR) is 113 cm³/mol. The van der Waals surface area contributed by atoms with E-state index in [1.165, 1.54) is 25.3 Å². The molecule has 0 aliphatic heterocycles. The largest absolute Gasteiger partial charge is 0.356 e. The van der Waals surface area contributed by atoms with Gasteiger partial charge < -0.3 is 10.6 Å². The first kappa shape index (κ1) is 20.3. The third-order valence-electron chi connectivity index (χ3n) is 6.67. The van der Waals surface area contributed by atoms with E-state index in [1.54, 1.807) is 6.07 Å². The molecule has 1 aromatic rings. The summed E-state index contributed by atoms with van der Waals surface area (Å²) in [6.07, 6.45) is 8.03. The summed E-state index contributed by atoms with van der Waals surface area (Å²) in [4.78, 5) is 25.1. The number of anilines is 1. The Balaban J connectivity index is 1.23. The number of halogens is 3. The van der Waals surface area contributed by atoms with Crippen molar-refractivity contribution in [3.63, 3.8) is 0 Å². The van der Waals surface area contributed by atoms with Gasteiger partial charge in [-0.2, -0.15) is 0 Å². The first-order valence-electron chi connectivity index (χ1n) is 10.1. The van der Waals surface area contributed by atoms with Crippen LogP contribution in [0.25, 0.3) is 0 Å². The van der Waals surface area contributed by atoms with Gasteiger partial charge >= 0.3 is 0 Å². The van der Waals surface area contributed by atoms with E-state index in [1.807, 2.05) is 0 Å². The van der Waals surface area contributed by atoms with Gasteiger partial charge in [0.25, 0.3) is 0 Å². The van der Waals surface area contributed by atoms with Gasteiger partial charge in [-0.05, 0) is 74.8 Å². The quantitative estimate of drug-likeness (QED) is 0.438. The molecule has 1 aromatic carbocycles. The van der Waals surface area contributed by atoms with Crippen molar-refractivity contribution in [1.29, 1.82) is 0 Å². The van der Waals surface area contributed by atoms with Crippen LogP contribution < -0.4 is 10.6 Å². The summed E-state index contributed by atoms with van der Waals surface area (Å²) in [5, 5.41) is 6.88. The van der Waals surface area contributed by atoms with Crippen LogP contribution >= 0.6 is 34.8 Å². The molecule has 0 heterocycles. The number of carbonyl (C=O) groups is 2. The molecule has 2 amide bonds. The van der Waals surface area contributed by atoms with E-state index in [2.05, 4.69) is 10.6 Å². The fraction of sp³-hybridized carbons (Fsp3) is 0.619. The molecule has 4 bridgehead atoms. The lowest BCUT2D eigenvalue weighted by Crippen LogP contribution is -2.53. The molecule has 4 aliphatic rings. The standard InChI is InChI=1S/C21H25Cl3N2O2/c22-15-7-17(24)18(8-16(15)23)26-19(27)2-1-3-25-20(28)21-9-12-4-13(10-21)6-14(5-12)11-21/h7-8,12-14H,1-6,9-11H2,(H,25,28)(H,26,27). The van der Waals surface area contributed by atoms with Gasteiger partial charge in [-0.1, -0.05) is 34.8 Å². The van der Waals surface area contributed by atoms with Gasteiger partial charge in [0.05, 0.1) is 20.8 Å². The van der Waals surface area contributed by atoms with Crippen molar-refractivity contribution in [2.75, 3.05) is 11.9 Å². The molecule has 4 aliphatic carbocycles. The number of benzene rings is 1. The Bertz CT molecular complexity index is 761. The molecule has 0 aromatic heterocycles. The highest BCUT2D eigenvalue weighted by molar-refractivity contribution is 6.44. The highest BCUT2D eigenvalue weighted by Gasteiger charge is 2.54. The van der Waals surface area contributed by atoms with Crippen LogP contribution in [-0.4, -0.2) is 18.4 Å². The normalized spacial score (nSPS) is 30.3. The fourth-order valence-electron chi connectivity index (χ4n) is 5.86. The number of hydrogen-bond acceptors (Lipinski definition) is 2. The minimum Gasteiger partial charge on any atom is -0.356 e. The summed E-state index contributed by atoms with van der Waals surface area (Å²) >= 11 is 18.0. The van der Waals surface area contributed by atoms with E-state index >= 15 is 0 Å². The zero-order valence-electron chi connectivity index (χ0n) is 15.7. The molecule has 7 heteroatoms. The number of amides is 2. The van der Waals surface area contributed by atoms with Crippen LogP contribution in [0.5, 0.6) is 0 Å². The van der Waals surface area contributed by atoms with Crippen molar-refractivity contribution in [3.05, 3.63) is 27.2 Å². The van der Waals surface area contributed by atoms with Crippen molar-refractivity contribution >= 4 is 52.3 Å². The minimum absolute atomic E-state index is 0.134. The maximum atomic E-state index is 12.9. The molecule has 4 fully saturated rings. The monoisotopic (exact) mass is 442 g/mol. The van der Waals surface area contributed by atoms with Crippen molar-refractivity contribution in [1.82, 2.24) is 5.32 Å². The van der Waals surface area contributed by atoms with E-state index in [-0.39, 0.29) is 17.2 Å². The molecule has 5 rings (SSSR count). The topological polar surface area (TPSA) is 58.2 Å². The summed E-state index contributed by atoms with van der Waals surface area (Å²) in [6, 6.07) is 3.05. The Morgan fingerprint density at radius 1 is 0.929 bits per heavy atom. The molecule has 4 nitrogen and oxygen atoms in total. The van der Waals surface area contributed by atoms with Crippen LogP contribution in [-0.2, 0) is 9.59 Å². The van der Waals surface area contributed by atoms with Crippen LogP contribution in [0, 0.1) is 23.2 Å². The second-order valence-electron chi connectivity index (χ2n) is 8.85. The molecule has 0 radical (unpaired) electrons. The first-order chi connectivity index (χ1) is 13.3. The van der Waals surface area contributed by atoms with E-state index in [0.717, 1.165) is 37.0 Å². The second kappa shape index (κ2) is 8.04. The number of hydrogen-bond donors (Lipinski definition) is 2. The van der Waals surface area contributed by atoms with Crippen molar-refractivity contribution < 1.29 is 9.59 Å². The molecule has 0 atom stereocenters. The summed E-state index contributed by atoms with van der Waals surface area (Å²) < 4.78 is 0. The highest BCUT2D eigenvalue weighted by Crippen LogP contribution is 2.60. The molecule has 4 saturated carbocycles. The van der Waals surface area contributed by atoms with Crippen molar-refractivity contribution in [2.45, 2.75) is 51.4 Å². The molecular weight excluding hydrogens is 419 g/mol. The van der Waals surface area contributed by atoms with Gasteiger partial charge in [-0.25, -0.2) is 0 Å². The zero-order chi connectivity index (χ0) is 19.9. The highest BCUT2D eigenvalue weighted by atomic mass is 35.5. The molecule has 28 heavy (non-hydrogen) atoms. The fourth-order valence-corrected chi connectivity index (χ4v) is 6.45. The van der Waals surface area contributed by atoms with Gasteiger partial charge in [-0.15, -0.1) is 0 Å². The van der Waals surface area contributed by atoms with Crippen LogP contribution in [0.2, 0.25) is 15.1 Å². The zero-order valence-corrected chi connectivity index (χ0v) is 18.0. The SMILES string of the molecule is O=C(CCCNC(=O)C12CC3CC(CC(C3)C1)C2)Nc1cc(Cl)c(Cl)cc1Cl. The molecule has 0 saturated heterocycles. The first-order valence-corrected chi connectivity index (χ1v) is 11.2. The summed E-state index contributed by atoms with van der Waals surface area (Å²) in [7, 11) is 0. The third-order valence-corrected chi connectivity index (χ3v) is 7.70. The third kappa shape index (κ3) is 4.15. The second-order valence-corrected chi connectivity index (χ2v) is 10.1. The van der Waals surface area contributed by atoms with Gasteiger partial charge in [0, 0.05) is 18.4 Å². The van der Waals surface area contributed by atoms with Crippen molar-refractivity contribution in [3.8, 4) is 0 Å². The van der Waals surface area contributed by atoms with Gasteiger partial charge in [0.1, 0.15) is 0 Å². The van der Waals surface area contributed by atoms with Crippen LogP contribution in [0.1, 0.15) is 51.4 Å². The van der Waals surface area contributed by atoms with E-state index in [4.69, 9.17) is 34.8 Å². The number of rotatable bonds is 6. The maximum absolute atomic E-state index is 12.9. The molecule has 152 valence electrons. The van der Waals surface area contributed by atoms with Crippen LogP contribution in [0.4, 0.5) is 5.69 Å². The lowest BCUT2D eigenvalue weighted by Gasteiger charge is -2.55. The number of carbonyl (C=O) groups excluding carboxylic acids is 2. The van der Waals surface area contributed by atoms with Crippen LogP contribution in [0.15, 0.2) is 12.1 Å². The Hall–Kier alpha value is -0.970. The average Bonchev–Trinajstić information content (AvgIpc) is 2.62. The molecular formula is C21H25Cl3N2O2. The minimum atomic E-state index is -0.163. The van der Waals surface area contributed by atoms with Crippen LogP contribution in [0.3, 0.4) is 0 Å². The Morgan fingerprint density at radius 3 is 2.11 bits per heavy atom. The lowest BCUT2D eigenvalue weighted by atomic mass is 9.49. The maximum Gasteiger partial charge on any atom is 0.226 e. The summed E-state index contributed by atoms with van der Waals surface area (Å²) in [6.45, 7) is 0.517. The number of nitrogens with one attached hydrogen (secondary N) is 2. The van der Waals surface area contributed by atoms with Crippen molar-refractivity contribution in [2.24, 2.45) is 23.2 Å². The molecule has 0 unspecified atom stereocenters. The predicted octanol–water partition coefficient (Wildman–Crippen LogP) is 5.70.